The van der Waals surface area contributed by atoms with E-state index in [1.807, 2.05) is 37.3 Å². The number of hydrogen-bond donors (Lipinski definition) is 0. The molecule has 0 atom stereocenters. The van der Waals surface area contributed by atoms with Crippen molar-refractivity contribution >= 4 is 5.82 Å². The van der Waals surface area contributed by atoms with Gasteiger partial charge < -0.3 is 9.47 Å². The molecular weight excluding hydrogens is 362 g/mol. The molecule has 4 aromatic rings. The van der Waals surface area contributed by atoms with E-state index in [0.29, 0.717) is 12.4 Å². The van der Waals surface area contributed by atoms with Crippen molar-refractivity contribution in [1.29, 1.82) is 0 Å². The van der Waals surface area contributed by atoms with E-state index in [1.165, 1.54) is 0 Å². The molecule has 4 heterocycles. The van der Waals surface area contributed by atoms with Gasteiger partial charge in [-0.3, -0.25) is 4.98 Å². The minimum absolute atomic E-state index is 0.670. The van der Waals surface area contributed by atoms with Gasteiger partial charge >= 0.3 is 0 Å². The maximum Gasteiger partial charge on any atom is 0.164 e. The average molecular weight is 383 g/mol. The van der Waals surface area contributed by atoms with Crippen molar-refractivity contribution in [1.82, 2.24) is 29.7 Å². The third kappa shape index (κ3) is 3.14. The van der Waals surface area contributed by atoms with Crippen LogP contribution in [0.5, 0.6) is 0 Å². The lowest BCUT2D eigenvalue weighted by Gasteiger charge is -2.30. The van der Waals surface area contributed by atoms with Crippen LogP contribution >= 0.6 is 0 Å². The van der Waals surface area contributed by atoms with Crippen molar-refractivity contribution < 1.29 is 0 Å². The molecule has 0 saturated carbocycles. The Hall–Kier alpha value is -3.61. The molecule has 0 fully saturated rings. The van der Waals surface area contributed by atoms with Crippen LogP contribution in [0, 0.1) is 13.8 Å². The van der Waals surface area contributed by atoms with Gasteiger partial charge in [0, 0.05) is 47.9 Å². The molecule has 0 spiro atoms. The third-order valence-corrected chi connectivity index (χ3v) is 5.37. The second-order valence-electron chi connectivity index (χ2n) is 7.20. The molecule has 3 aromatic heterocycles. The van der Waals surface area contributed by atoms with Crippen molar-refractivity contribution in [2.45, 2.75) is 26.9 Å². The zero-order valence-electron chi connectivity index (χ0n) is 16.4. The molecule has 0 unspecified atom stereocenters. The molecule has 1 aromatic carbocycles. The highest BCUT2D eigenvalue weighted by Crippen LogP contribution is 2.28. The molecule has 29 heavy (non-hydrogen) atoms. The van der Waals surface area contributed by atoms with Crippen LogP contribution in [0.15, 0.2) is 54.9 Å². The van der Waals surface area contributed by atoms with Gasteiger partial charge in [-0.05, 0) is 26.0 Å². The van der Waals surface area contributed by atoms with E-state index in [0.717, 1.165) is 52.9 Å². The first-order valence-corrected chi connectivity index (χ1v) is 9.69. The molecule has 0 N–H and O–H groups in total. The van der Waals surface area contributed by atoms with Crippen molar-refractivity contribution in [3.8, 4) is 22.8 Å². The number of nitrogens with zero attached hydrogens (tertiary/aromatic N) is 7. The minimum atomic E-state index is 0.670. The highest BCUT2D eigenvalue weighted by Gasteiger charge is 2.25. The molecule has 144 valence electrons. The molecule has 7 nitrogen and oxygen atoms in total. The summed E-state index contributed by atoms with van der Waals surface area (Å²) in [6.07, 6.45) is 3.56. The molecule has 1 aliphatic heterocycles. The second kappa shape index (κ2) is 7.09. The fourth-order valence-corrected chi connectivity index (χ4v) is 3.68. The Morgan fingerprint density at radius 2 is 1.69 bits per heavy atom. The van der Waals surface area contributed by atoms with Crippen LogP contribution in [0.3, 0.4) is 0 Å². The van der Waals surface area contributed by atoms with E-state index in [1.54, 1.807) is 12.4 Å². The molecule has 1 aliphatic rings. The lowest BCUT2D eigenvalue weighted by Crippen LogP contribution is -2.35. The molecule has 0 radical (unpaired) electrons. The molecular formula is C22H21N7. The maximum absolute atomic E-state index is 4.88. The van der Waals surface area contributed by atoms with E-state index in [2.05, 4.69) is 48.7 Å². The van der Waals surface area contributed by atoms with Gasteiger partial charge in [-0.1, -0.05) is 30.3 Å². The van der Waals surface area contributed by atoms with E-state index in [-0.39, 0.29) is 0 Å². The van der Waals surface area contributed by atoms with Crippen molar-refractivity contribution in [3.05, 3.63) is 71.9 Å². The van der Waals surface area contributed by atoms with Gasteiger partial charge in [0.25, 0.3) is 0 Å². The van der Waals surface area contributed by atoms with Crippen LogP contribution in [-0.4, -0.2) is 36.3 Å². The third-order valence-electron chi connectivity index (χ3n) is 5.37. The summed E-state index contributed by atoms with van der Waals surface area (Å²) in [6.45, 7) is 6.43. The van der Waals surface area contributed by atoms with Gasteiger partial charge in [-0.25, -0.2) is 9.97 Å². The van der Waals surface area contributed by atoms with Gasteiger partial charge in [-0.15, -0.1) is 10.2 Å². The number of aryl methyl sites for hydroxylation is 1. The molecule has 7 heteroatoms. The summed E-state index contributed by atoms with van der Waals surface area (Å²) in [5.74, 6) is 3.53. The molecule has 5 rings (SSSR count). The highest BCUT2D eigenvalue weighted by atomic mass is 15.4. The normalized spacial score (nSPS) is 13.4. The van der Waals surface area contributed by atoms with Gasteiger partial charge in [0.2, 0.25) is 0 Å². The summed E-state index contributed by atoms with van der Waals surface area (Å²) in [6, 6.07) is 14.1. The Morgan fingerprint density at radius 3 is 2.48 bits per heavy atom. The Morgan fingerprint density at radius 1 is 0.862 bits per heavy atom. The van der Waals surface area contributed by atoms with Gasteiger partial charge in [0.05, 0.1) is 6.54 Å². The Labute approximate surface area is 169 Å². The van der Waals surface area contributed by atoms with E-state index in [4.69, 9.17) is 4.98 Å². The van der Waals surface area contributed by atoms with E-state index >= 15 is 0 Å². The van der Waals surface area contributed by atoms with Crippen LogP contribution in [0.2, 0.25) is 0 Å². The van der Waals surface area contributed by atoms with Crippen LogP contribution in [0.1, 0.15) is 17.1 Å². The quantitative estimate of drug-likeness (QED) is 0.540. The van der Waals surface area contributed by atoms with Gasteiger partial charge in [0.1, 0.15) is 5.82 Å². The maximum atomic E-state index is 4.88. The first-order valence-electron chi connectivity index (χ1n) is 9.69. The molecule has 0 aliphatic carbocycles. The number of pyridine rings is 1. The Kier molecular flexibility index (Phi) is 4.27. The standard InChI is InChI=1S/C22H21N7/c1-15-16(2)24-20(18-9-6-10-23-13-18)25-21(15)28-11-12-29-19(14-28)26-27-22(29)17-7-4-3-5-8-17/h3-10,13H,11-12,14H2,1-2H3. The number of aromatic nitrogens is 6. The van der Waals surface area contributed by atoms with Gasteiger partial charge in [0.15, 0.2) is 17.5 Å². The predicted molar refractivity (Wildman–Crippen MR) is 111 cm³/mol. The first-order chi connectivity index (χ1) is 14.2. The fourth-order valence-electron chi connectivity index (χ4n) is 3.68. The summed E-state index contributed by atoms with van der Waals surface area (Å²) in [7, 11) is 0. The predicted octanol–water partition coefficient (Wildman–Crippen LogP) is 3.43. The molecule has 0 saturated heterocycles. The van der Waals surface area contributed by atoms with E-state index < -0.39 is 0 Å². The van der Waals surface area contributed by atoms with Crippen LogP contribution in [0.4, 0.5) is 5.82 Å². The average Bonchev–Trinajstić information content (AvgIpc) is 3.20. The summed E-state index contributed by atoms with van der Waals surface area (Å²) in [5, 5.41) is 8.91. The van der Waals surface area contributed by atoms with Crippen LogP contribution < -0.4 is 4.90 Å². The summed E-state index contributed by atoms with van der Waals surface area (Å²) in [5.41, 5.74) is 4.08. The van der Waals surface area contributed by atoms with Crippen molar-refractivity contribution in [2.24, 2.45) is 0 Å². The fraction of sp³-hybridized carbons (Fsp3) is 0.227. The first kappa shape index (κ1) is 17.5. The summed E-state index contributed by atoms with van der Waals surface area (Å²) < 4.78 is 2.21. The van der Waals surface area contributed by atoms with Crippen LogP contribution in [-0.2, 0) is 13.1 Å². The molecule has 0 bridgehead atoms. The highest BCUT2D eigenvalue weighted by molar-refractivity contribution is 5.60. The van der Waals surface area contributed by atoms with Crippen molar-refractivity contribution in [3.63, 3.8) is 0 Å². The molecule has 0 amide bonds. The number of fused-ring (bicyclic) bond motifs is 1. The second-order valence-corrected chi connectivity index (χ2v) is 7.20. The minimum Gasteiger partial charge on any atom is -0.347 e. The lowest BCUT2D eigenvalue weighted by atomic mass is 10.2. The monoisotopic (exact) mass is 383 g/mol. The van der Waals surface area contributed by atoms with Gasteiger partial charge in [-0.2, -0.15) is 0 Å². The smallest absolute Gasteiger partial charge is 0.164 e. The largest absolute Gasteiger partial charge is 0.347 e. The number of benzene rings is 1. The topological polar surface area (TPSA) is 72.6 Å². The summed E-state index contributed by atoms with van der Waals surface area (Å²) >= 11 is 0. The number of rotatable bonds is 3. The summed E-state index contributed by atoms with van der Waals surface area (Å²) in [4.78, 5) is 16.0. The van der Waals surface area contributed by atoms with Crippen LogP contribution in [0.25, 0.3) is 22.8 Å². The lowest BCUT2D eigenvalue weighted by molar-refractivity contribution is 0.558. The SMILES string of the molecule is Cc1nc(-c2cccnc2)nc(N2CCn3c(nnc3-c3ccccc3)C2)c1C. The number of anilines is 1. The van der Waals surface area contributed by atoms with E-state index in [9.17, 15) is 0 Å². The Bertz CT molecular complexity index is 1150. The zero-order valence-corrected chi connectivity index (χ0v) is 16.4. The van der Waals surface area contributed by atoms with Crippen molar-refractivity contribution in [2.75, 3.05) is 11.4 Å². The Balaban J connectivity index is 1.50. The number of hydrogen-bond acceptors (Lipinski definition) is 6. The zero-order chi connectivity index (χ0) is 19.8.